The van der Waals surface area contributed by atoms with Gasteiger partial charge in [0.25, 0.3) is 0 Å². The first-order valence-corrected chi connectivity index (χ1v) is 18.4. The van der Waals surface area contributed by atoms with Crippen LogP contribution in [0.25, 0.3) is 105 Å². The SMILES string of the molecule is CC1(C)c2ccccc2-c2cc3c4ccccc4n(-c4nc(-c5ccc6oc7ccccc7c6c5)cc(-c5ccc6oc7ccccc7c6c5)n4)c3cc21. The summed E-state index contributed by atoms with van der Waals surface area (Å²) in [5.74, 6) is 0.622. The lowest BCUT2D eigenvalue weighted by Crippen LogP contribution is -2.15. The molecule has 0 fully saturated rings. The molecule has 5 heteroatoms. The molecule has 0 aliphatic heterocycles. The van der Waals surface area contributed by atoms with Gasteiger partial charge in [0.15, 0.2) is 0 Å². The minimum absolute atomic E-state index is 0.152. The van der Waals surface area contributed by atoms with Crippen LogP contribution < -0.4 is 0 Å². The van der Waals surface area contributed by atoms with Gasteiger partial charge in [-0.25, -0.2) is 9.97 Å². The van der Waals surface area contributed by atoms with E-state index in [9.17, 15) is 0 Å². The molecule has 0 saturated carbocycles. The van der Waals surface area contributed by atoms with Crippen molar-refractivity contribution in [3.05, 3.63) is 163 Å². The van der Waals surface area contributed by atoms with Gasteiger partial charge < -0.3 is 8.83 Å². The van der Waals surface area contributed by atoms with Crippen LogP contribution in [0.1, 0.15) is 25.0 Å². The summed E-state index contributed by atoms with van der Waals surface area (Å²) >= 11 is 0. The molecule has 254 valence electrons. The molecule has 1 aliphatic rings. The molecular weight excluding hydrogens is 663 g/mol. The highest BCUT2D eigenvalue weighted by molar-refractivity contribution is 6.12. The average Bonchev–Trinajstić information content (AvgIpc) is 3.93. The van der Waals surface area contributed by atoms with Crippen LogP contribution in [0.4, 0.5) is 0 Å². The molecule has 12 rings (SSSR count). The monoisotopic (exact) mass is 693 g/mol. The van der Waals surface area contributed by atoms with Crippen molar-refractivity contribution in [1.29, 1.82) is 0 Å². The summed E-state index contributed by atoms with van der Waals surface area (Å²) in [6.45, 7) is 4.66. The zero-order valence-electron chi connectivity index (χ0n) is 29.6. The topological polar surface area (TPSA) is 57.0 Å². The van der Waals surface area contributed by atoms with Crippen molar-refractivity contribution < 1.29 is 8.83 Å². The summed E-state index contributed by atoms with van der Waals surface area (Å²) < 4.78 is 14.7. The van der Waals surface area contributed by atoms with Crippen molar-refractivity contribution >= 4 is 65.7 Å². The van der Waals surface area contributed by atoms with Crippen molar-refractivity contribution in [2.45, 2.75) is 19.3 Å². The van der Waals surface area contributed by atoms with E-state index >= 15 is 0 Å². The van der Waals surface area contributed by atoms with Crippen LogP contribution in [-0.4, -0.2) is 14.5 Å². The lowest BCUT2D eigenvalue weighted by molar-refractivity contribution is 0.661. The first kappa shape index (κ1) is 29.6. The third-order valence-corrected chi connectivity index (χ3v) is 11.6. The maximum Gasteiger partial charge on any atom is 0.235 e. The fraction of sp³-hybridized carbons (Fsp3) is 0.0612. The molecule has 0 radical (unpaired) electrons. The van der Waals surface area contributed by atoms with Crippen molar-refractivity contribution in [1.82, 2.24) is 14.5 Å². The summed E-state index contributed by atoms with van der Waals surface area (Å²) in [6, 6.07) is 53.4. The molecule has 0 N–H and O–H groups in total. The van der Waals surface area contributed by atoms with Crippen LogP contribution >= 0.6 is 0 Å². The number of fused-ring (bicyclic) bond motifs is 12. The summed E-state index contributed by atoms with van der Waals surface area (Å²) in [7, 11) is 0. The fourth-order valence-electron chi connectivity index (χ4n) is 8.98. The summed E-state index contributed by atoms with van der Waals surface area (Å²) in [6.07, 6.45) is 0. The minimum atomic E-state index is -0.152. The number of hydrogen-bond donors (Lipinski definition) is 0. The van der Waals surface area contributed by atoms with Gasteiger partial charge >= 0.3 is 0 Å². The van der Waals surface area contributed by atoms with Gasteiger partial charge in [-0.05, 0) is 95.1 Å². The van der Waals surface area contributed by atoms with Gasteiger partial charge in [-0.1, -0.05) is 92.7 Å². The van der Waals surface area contributed by atoms with Crippen LogP contribution in [0.3, 0.4) is 0 Å². The third-order valence-electron chi connectivity index (χ3n) is 11.6. The Kier molecular flexibility index (Phi) is 5.78. The molecule has 4 heterocycles. The number of furan rings is 2. The smallest absolute Gasteiger partial charge is 0.235 e. The molecular formula is C49H31N3O2. The maximum absolute atomic E-state index is 6.21. The van der Waals surface area contributed by atoms with Crippen molar-refractivity contribution in [2.75, 3.05) is 0 Å². The molecule has 1 aliphatic carbocycles. The van der Waals surface area contributed by atoms with Crippen LogP contribution in [0.15, 0.2) is 160 Å². The van der Waals surface area contributed by atoms with E-state index in [-0.39, 0.29) is 5.41 Å². The standard InChI is InChI=1S/C49H31N3O2/c1-49(2)38-15-7-3-11-30(38)34-25-35-31-12-4-8-16-42(31)52(43(35)26-39(34)49)48-50-40(28-19-21-46-36(23-28)32-13-5-9-17-44(32)53-46)27-41(51-48)29-20-22-47-37(24-29)33-14-6-10-18-45(33)54-47/h3-27H,1-2H3. The van der Waals surface area contributed by atoms with Gasteiger partial charge in [0, 0.05) is 48.9 Å². The molecule has 0 amide bonds. The Bertz CT molecular complexity index is 3250. The van der Waals surface area contributed by atoms with Crippen LogP contribution in [0.5, 0.6) is 0 Å². The molecule has 4 aromatic heterocycles. The Morgan fingerprint density at radius 3 is 1.65 bits per heavy atom. The number of para-hydroxylation sites is 3. The largest absolute Gasteiger partial charge is 0.456 e. The summed E-state index contributed by atoms with van der Waals surface area (Å²) in [4.78, 5) is 10.8. The van der Waals surface area contributed by atoms with E-state index in [2.05, 4.69) is 146 Å². The quantitative estimate of drug-likeness (QED) is 0.185. The zero-order valence-corrected chi connectivity index (χ0v) is 29.6. The highest BCUT2D eigenvalue weighted by Crippen LogP contribution is 2.51. The van der Waals surface area contributed by atoms with E-state index in [1.807, 2.05) is 24.3 Å². The van der Waals surface area contributed by atoms with E-state index in [4.69, 9.17) is 18.8 Å². The average molecular weight is 694 g/mol. The lowest BCUT2D eigenvalue weighted by Gasteiger charge is -2.21. The Morgan fingerprint density at radius 1 is 0.426 bits per heavy atom. The molecule has 5 nitrogen and oxygen atoms in total. The molecule has 0 unspecified atom stereocenters. The van der Waals surface area contributed by atoms with Crippen LogP contribution in [0.2, 0.25) is 0 Å². The first-order chi connectivity index (χ1) is 26.5. The number of nitrogens with zero attached hydrogens (tertiary/aromatic N) is 3. The zero-order chi connectivity index (χ0) is 35.7. The molecule has 11 aromatic rings. The van der Waals surface area contributed by atoms with Gasteiger partial charge in [-0.2, -0.15) is 0 Å². The van der Waals surface area contributed by atoms with E-state index in [0.717, 1.165) is 77.4 Å². The molecule has 7 aromatic carbocycles. The second kappa shape index (κ2) is 10.6. The molecule has 0 spiro atoms. The maximum atomic E-state index is 6.21. The van der Waals surface area contributed by atoms with E-state index in [1.165, 1.54) is 33.0 Å². The van der Waals surface area contributed by atoms with Crippen LogP contribution in [0, 0.1) is 0 Å². The summed E-state index contributed by atoms with van der Waals surface area (Å²) in [5, 5.41) is 6.65. The van der Waals surface area contributed by atoms with Gasteiger partial charge in [0.2, 0.25) is 5.95 Å². The summed E-state index contributed by atoms with van der Waals surface area (Å²) in [5.41, 5.74) is 14.4. The molecule has 54 heavy (non-hydrogen) atoms. The van der Waals surface area contributed by atoms with E-state index in [0.29, 0.717) is 5.95 Å². The minimum Gasteiger partial charge on any atom is -0.456 e. The van der Waals surface area contributed by atoms with Crippen LogP contribution in [-0.2, 0) is 5.41 Å². The normalized spacial score (nSPS) is 13.5. The first-order valence-electron chi connectivity index (χ1n) is 18.4. The predicted octanol–water partition coefficient (Wildman–Crippen LogP) is 13.0. The van der Waals surface area contributed by atoms with E-state index in [1.54, 1.807) is 0 Å². The van der Waals surface area contributed by atoms with E-state index < -0.39 is 0 Å². The van der Waals surface area contributed by atoms with Gasteiger partial charge in [-0.3, -0.25) is 4.57 Å². The molecule has 0 bridgehead atoms. The van der Waals surface area contributed by atoms with Crippen molar-refractivity contribution in [3.63, 3.8) is 0 Å². The van der Waals surface area contributed by atoms with Crippen molar-refractivity contribution in [3.8, 4) is 39.6 Å². The highest BCUT2D eigenvalue weighted by Gasteiger charge is 2.36. The second-order valence-corrected chi connectivity index (χ2v) is 15.0. The highest BCUT2D eigenvalue weighted by atomic mass is 16.3. The van der Waals surface area contributed by atoms with Gasteiger partial charge in [0.1, 0.15) is 22.3 Å². The van der Waals surface area contributed by atoms with Gasteiger partial charge in [-0.15, -0.1) is 0 Å². The number of rotatable bonds is 3. The third kappa shape index (κ3) is 4.04. The van der Waals surface area contributed by atoms with Gasteiger partial charge in [0.05, 0.1) is 22.4 Å². The number of benzene rings is 7. The number of hydrogen-bond acceptors (Lipinski definition) is 4. The molecule has 0 atom stereocenters. The molecule has 0 saturated heterocycles. The Labute approximate surface area is 309 Å². The Balaban J connectivity index is 1.15. The lowest BCUT2D eigenvalue weighted by atomic mass is 9.82. The second-order valence-electron chi connectivity index (χ2n) is 15.0. The predicted molar refractivity (Wildman–Crippen MR) is 219 cm³/mol. The fourth-order valence-corrected chi connectivity index (χ4v) is 8.98. The number of aromatic nitrogens is 3. The Hall–Kier alpha value is -6.98. The Morgan fingerprint density at radius 2 is 0.981 bits per heavy atom. The van der Waals surface area contributed by atoms with Crippen molar-refractivity contribution in [2.24, 2.45) is 0 Å².